The number of nitrogens with zero attached hydrogens (tertiary/aromatic N) is 1. The lowest BCUT2D eigenvalue weighted by molar-refractivity contribution is -0.122. The van der Waals surface area contributed by atoms with E-state index in [0.29, 0.717) is 35.1 Å². The summed E-state index contributed by atoms with van der Waals surface area (Å²) in [5, 5.41) is 8.57. The summed E-state index contributed by atoms with van der Waals surface area (Å²) < 4.78 is 0. The largest absolute Gasteiger partial charge is 0.354 e. The third-order valence-corrected chi connectivity index (χ3v) is 4.28. The van der Waals surface area contributed by atoms with Crippen LogP contribution in [0.25, 0.3) is 0 Å². The predicted octanol–water partition coefficient (Wildman–Crippen LogP) is 2.24. The number of hydrogen-bond donors (Lipinski definition) is 3. The second-order valence-electron chi connectivity index (χ2n) is 6.22. The summed E-state index contributed by atoms with van der Waals surface area (Å²) >= 11 is 5.70. The van der Waals surface area contributed by atoms with E-state index in [1.54, 1.807) is 30.3 Å². The first kappa shape index (κ1) is 18.8. The van der Waals surface area contributed by atoms with Crippen LogP contribution in [0.3, 0.4) is 0 Å². The van der Waals surface area contributed by atoms with E-state index in [2.05, 4.69) is 20.9 Å². The van der Waals surface area contributed by atoms with Crippen LogP contribution in [0.4, 0.5) is 5.69 Å². The van der Waals surface area contributed by atoms with Crippen LogP contribution in [0.15, 0.2) is 42.6 Å². The molecule has 3 N–H and O–H groups in total. The fourth-order valence-electron chi connectivity index (χ4n) is 2.37. The Morgan fingerprint density at radius 2 is 1.59 bits per heavy atom. The molecule has 0 saturated heterocycles. The fourth-order valence-corrected chi connectivity index (χ4v) is 2.48. The number of halogens is 1. The molecule has 3 amide bonds. The molecule has 0 unspecified atom stereocenters. The third kappa shape index (κ3) is 5.52. The first-order valence-corrected chi connectivity index (χ1v) is 8.99. The molecule has 0 bridgehead atoms. The Morgan fingerprint density at radius 1 is 0.926 bits per heavy atom. The maximum atomic E-state index is 12.1. The molecule has 1 aliphatic carbocycles. The van der Waals surface area contributed by atoms with E-state index < -0.39 is 0 Å². The topological polar surface area (TPSA) is 100 Å². The predicted molar refractivity (Wildman–Crippen MR) is 102 cm³/mol. The Kier molecular flexibility index (Phi) is 6.03. The maximum Gasteiger partial charge on any atom is 0.257 e. The van der Waals surface area contributed by atoms with Crippen LogP contribution < -0.4 is 16.0 Å². The molecule has 27 heavy (non-hydrogen) atoms. The third-order valence-electron chi connectivity index (χ3n) is 4.05. The smallest absolute Gasteiger partial charge is 0.257 e. The molecule has 1 heterocycles. The van der Waals surface area contributed by atoms with Gasteiger partial charge in [-0.1, -0.05) is 11.6 Å². The molecular formula is C19H19ClN4O3. The van der Waals surface area contributed by atoms with Crippen LogP contribution in [0, 0.1) is 5.92 Å². The minimum absolute atomic E-state index is 0.0558. The highest BCUT2D eigenvalue weighted by Crippen LogP contribution is 2.28. The number of amides is 3. The second kappa shape index (κ2) is 8.64. The Bertz CT molecular complexity index is 833. The lowest BCUT2D eigenvalue weighted by Gasteiger charge is -2.08. The molecule has 2 aromatic rings. The van der Waals surface area contributed by atoms with Gasteiger partial charge in [-0.3, -0.25) is 14.4 Å². The van der Waals surface area contributed by atoms with Crippen LogP contribution in [0.1, 0.15) is 33.6 Å². The van der Waals surface area contributed by atoms with Crippen LogP contribution in [-0.2, 0) is 4.79 Å². The van der Waals surface area contributed by atoms with Gasteiger partial charge in [0.15, 0.2) is 0 Å². The summed E-state index contributed by atoms with van der Waals surface area (Å²) in [6.07, 6.45) is 3.30. The normalized spacial score (nSPS) is 12.9. The van der Waals surface area contributed by atoms with Crippen LogP contribution in [0.5, 0.6) is 0 Å². The molecule has 3 rings (SSSR count). The quantitative estimate of drug-likeness (QED) is 0.502. The van der Waals surface area contributed by atoms with Gasteiger partial charge in [0.25, 0.3) is 11.8 Å². The molecule has 1 aromatic carbocycles. The standard InChI is InChI=1S/C19H19ClN4O3/c20-16-8-5-14(11-23-16)19(27)24-15-6-3-13(4-7-15)18(26)22-10-9-21-17(25)12-1-2-12/h3-8,11-12H,1-2,9-10H2,(H,21,25)(H,22,26)(H,24,27). The van der Waals surface area contributed by atoms with Crippen LogP contribution >= 0.6 is 11.6 Å². The van der Waals surface area contributed by atoms with Gasteiger partial charge in [0.2, 0.25) is 5.91 Å². The summed E-state index contributed by atoms with van der Waals surface area (Å²) in [7, 11) is 0. The number of anilines is 1. The van der Waals surface area contributed by atoms with E-state index in [4.69, 9.17) is 11.6 Å². The molecule has 7 nitrogen and oxygen atoms in total. The Morgan fingerprint density at radius 3 is 2.22 bits per heavy atom. The average Bonchev–Trinajstić information content (AvgIpc) is 3.51. The van der Waals surface area contributed by atoms with Gasteiger partial charge in [-0.15, -0.1) is 0 Å². The molecule has 0 atom stereocenters. The highest BCUT2D eigenvalue weighted by Gasteiger charge is 2.28. The van der Waals surface area contributed by atoms with Gasteiger partial charge < -0.3 is 16.0 Å². The first-order chi connectivity index (χ1) is 13.0. The Hall–Kier alpha value is -2.93. The van der Waals surface area contributed by atoms with Crippen LogP contribution in [0.2, 0.25) is 5.15 Å². The number of carbonyl (C=O) groups is 3. The number of nitrogens with one attached hydrogen (secondary N) is 3. The molecule has 0 radical (unpaired) electrons. The van der Waals surface area contributed by atoms with E-state index in [0.717, 1.165) is 12.8 Å². The molecule has 0 aliphatic heterocycles. The number of aromatic nitrogens is 1. The number of benzene rings is 1. The summed E-state index contributed by atoms with van der Waals surface area (Å²) in [4.78, 5) is 39.6. The van der Waals surface area contributed by atoms with Gasteiger partial charge in [0, 0.05) is 36.5 Å². The molecule has 1 saturated carbocycles. The second-order valence-corrected chi connectivity index (χ2v) is 6.61. The Labute approximate surface area is 161 Å². The molecule has 1 fully saturated rings. The lowest BCUT2D eigenvalue weighted by Crippen LogP contribution is -2.35. The van der Waals surface area contributed by atoms with Crippen molar-refractivity contribution in [3.05, 3.63) is 58.9 Å². The lowest BCUT2D eigenvalue weighted by atomic mass is 10.2. The summed E-state index contributed by atoms with van der Waals surface area (Å²) in [6.45, 7) is 0.768. The highest BCUT2D eigenvalue weighted by atomic mass is 35.5. The van der Waals surface area contributed by atoms with E-state index >= 15 is 0 Å². The van der Waals surface area contributed by atoms with Gasteiger partial charge >= 0.3 is 0 Å². The molecule has 8 heteroatoms. The van der Waals surface area contributed by atoms with E-state index in [-0.39, 0.29) is 23.6 Å². The monoisotopic (exact) mass is 386 g/mol. The fraction of sp³-hybridized carbons (Fsp3) is 0.263. The van der Waals surface area contributed by atoms with Crippen molar-refractivity contribution in [1.82, 2.24) is 15.6 Å². The van der Waals surface area contributed by atoms with Gasteiger partial charge in [-0.2, -0.15) is 0 Å². The molecule has 1 aromatic heterocycles. The maximum absolute atomic E-state index is 12.1. The SMILES string of the molecule is O=C(NCCNC(=O)C1CC1)c1ccc(NC(=O)c2ccc(Cl)nc2)cc1. The molecule has 0 spiro atoms. The van der Waals surface area contributed by atoms with Crippen molar-refractivity contribution >= 4 is 35.0 Å². The zero-order valence-electron chi connectivity index (χ0n) is 14.5. The highest BCUT2D eigenvalue weighted by molar-refractivity contribution is 6.29. The number of rotatable bonds is 7. The van der Waals surface area contributed by atoms with Gasteiger partial charge in [0.1, 0.15) is 5.15 Å². The van der Waals surface area contributed by atoms with E-state index in [1.807, 2.05) is 0 Å². The minimum atomic E-state index is -0.317. The number of pyridine rings is 1. The van der Waals surface area contributed by atoms with E-state index in [9.17, 15) is 14.4 Å². The van der Waals surface area contributed by atoms with Crippen molar-refractivity contribution in [2.75, 3.05) is 18.4 Å². The first-order valence-electron chi connectivity index (χ1n) is 8.62. The van der Waals surface area contributed by atoms with Crippen molar-refractivity contribution < 1.29 is 14.4 Å². The molecule has 140 valence electrons. The number of hydrogen-bond acceptors (Lipinski definition) is 4. The van der Waals surface area contributed by atoms with Gasteiger partial charge in [-0.25, -0.2) is 4.98 Å². The van der Waals surface area contributed by atoms with Gasteiger partial charge in [0.05, 0.1) is 5.56 Å². The Balaban J connectivity index is 1.45. The van der Waals surface area contributed by atoms with Gasteiger partial charge in [-0.05, 0) is 49.2 Å². The zero-order valence-corrected chi connectivity index (χ0v) is 15.3. The minimum Gasteiger partial charge on any atom is -0.354 e. The average molecular weight is 387 g/mol. The van der Waals surface area contributed by atoms with E-state index in [1.165, 1.54) is 12.3 Å². The molecular weight excluding hydrogens is 368 g/mol. The van der Waals surface area contributed by atoms with Crippen molar-refractivity contribution in [3.63, 3.8) is 0 Å². The zero-order chi connectivity index (χ0) is 19.2. The number of carbonyl (C=O) groups excluding carboxylic acids is 3. The van der Waals surface area contributed by atoms with Crippen molar-refractivity contribution in [3.8, 4) is 0 Å². The van der Waals surface area contributed by atoms with Crippen molar-refractivity contribution in [2.45, 2.75) is 12.8 Å². The van der Waals surface area contributed by atoms with Crippen molar-refractivity contribution in [2.24, 2.45) is 5.92 Å². The summed E-state index contributed by atoms with van der Waals surface area (Å²) in [6, 6.07) is 9.64. The van der Waals surface area contributed by atoms with Crippen LogP contribution in [-0.4, -0.2) is 35.8 Å². The summed E-state index contributed by atoms with van der Waals surface area (Å²) in [5.41, 5.74) is 1.41. The molecule has 1 aliphatic rings. The van der Waals surface area contributed by atoms with Crippen molar-refractivity contribution in [1.29, 1.82) is 0 Å². The summed E-state index contributed by atoms with van der Waals surface area (Å²) in [5.74, 6) is -0.342.